The van der Waals surface area contributed by atoms with E-state index >= 15 is 0 Å². The van der Waals surface area contributed by atoms with Gasteiger partial charge in [-0.25, -0.2) is 4.79 Å². The van der Waals surface area contributed by atoms with Crippen LogP contribution < -0.4 is 15.8 Å². The Labute approximate surface area is 223 Å². The maximum Gasteiger partial charge on any atom is 0.341 e. The van der Waals surface area contributed by atoms with Crippen LogP contribution in [0.25, 0.3) is 0 Å². The summed E-state index contributed by atoms with van der Waals surface area (Å²) in [7, 11) is 0. The molecule has 0 spiro atoms. The van der Waals surface area contributed by atoms with Gasteiger partial charge >= 0.3 is 5.97 Å². The third-order valence-electron chi connectivity index (χ3n) is 5.46. The monoisotopic (exact) mass is 545 g/mol. The highest BCUT2D eigenvalue weighted by molar-refractivity contribution is 7.99. The molecule has 37 heavy (non-hydrogen) atoms. The maximum atomic E-state index is 12.7. The van der Waals surface area contributed by atoms with Gasteiger partial charge in [-0.05, 0) is 49.9 Å². The molecule has 0 unspecified atom stereocenters. The van der Waals surface area contributed by atoms with Gasteiger partial charge in [0.1, 0.15) is 17.4 Å². The van der Waals surface area contributed by atoms with E-state index in [9.17, 15) is 14.4 Å². The number of benzene rings is 1. The maximum absolute atomic E-state index is 12.7. The molecule has 0 saturated carbocycles. The fourth-order valence-electron chi connectivity index (χ4n) is 3.53. The number of rotatable bonds is 12. The number of esters is 1. The number of thioether (sulfide) groups is 1. The standard InChI is InChI=1S/C25H31N5O5S2/c1-6-30-18(12-35-17-10-8-16(9-11-17)14(3)4)28-29-25(30)36-13-19(31)27-23-20(24(33)34-7-2)15(5)21(37-23)22(26)32/h8-11,14H,6-7,12-13H2,1-5H3,(H2,26,32)(H,27,31). The first-order valence-electron chi connectivity index (χ1n) is 11.8. The molecule has 0 aliphatic heterocycles. The molecule has 0 fully saturated rings. The van der Waals surface area contributed by atoms with Crippen LogP contribution in [0.1, 0.15) is 70.6 Å². The highest BCUT2D eigenvalue weighted by Gasteiger charge is 2.26. The number of anilines is 1. The van der Waals surface area contributed by atoms with Crippen molar-refractivity contribution in [3.63, 3.8) is 0 Å². The van der Waals surface area contributed by atoms with E-state index < -0.39 is 11.9 Å². The summed E-state index contributed by atoms with van der Waals surface area (Å²) in [6, 6.07) is 7.95. The molecule has 0 bridgehead atoms. The molecule has 0 radical (unpaired) electrons. The number of aromatic nitrogens is 3. The molecule has 2 amide bonds. The number of carbonyl (C=O) groups is 3. The van der Waals surface area contributed by atoms with Gasteiger partial charge in [0.05, 0.1) is 22.8 Å². The van der Waals surface area contributed by atoms with Gasteiger partial charge in [0.25, 0.3) is 5.91 Å². The lowest BCUT2D eigenvalue weighted by atomic mass is 10.0. The number of primary amides is 1. The van der Waals surface area contributed by atoms with E-state index in [1.807, 2.05) is 35.8 Å². The van der Waals surface area contributed by atoms with Crippen molar-refractivity contribution >= 4 is 45.9 Å². The van der Waals surface area contributed by atoms with Crippen LogP contribution in [0.15, 0.2) is 29.4 Å². The van der Waals surface area contributed by atoms with Crippen LogP contribution in [0.3, 0.4) is 0 Å². The number of ether oxygens (including phenoxy) is 2. The molecule has 0 atom stereocenters. The lowest BCUT2D eigenvalue weighted by Gasteiger charge is -2.10. The minimum Gasteiger partial charge on any atom is -0.486 e. The van der Waals surface area contributed by atoms with Crippen LogP contribution in [0, 0.1) is 6.92 Å². The summed E-state index contributed by atoms with van der Waals surface area (Å²) >= 11 is 2.16. The number of nitrogens with zero attached hydrogens (tertiary/aromatic N) is 3. The zero-order chi connectivity index (χ0) is 27.1. The molecule has 198 valence electrons. The van der Waals surface area contributed by atoms with Crippen LogP contribution in [0.4, 0.5) is 5.00 Å². The van der Waals surface area contributed by atoms with E-state index in [2.05, 4.69) is 29.4 Å². The van der Waals surface area contributed by atoms with Crippen molar-refractivity contribution in [1.82, 2.24) is 14.8 Å². The Morgan fingerprint density at radius 2 is 1.86 bits per heavy atom. The minimum atomic E-state index is -0.676. The molecule has 12 heteroatoms. The van der Waals surface area contributed by atoms with Crippen LogP contribution in [0.5, 0.6) is 5.75 Å². The highest BCUT2D eigenvalue weighted by Crippen LogP contribution is 2.34. The molecule has 10 nitrogen and oxygen atoms in total. The lowest BCUT2D eigenvalue weighted by molar-refractivity contribution is -0.113. The number of thiophene rings is 1. The fraction of sp³-hybridized carbons (Fsp3) is 0.400. The second-order valence-electron chi connectivity index (χ2n) is 8.34. The van der Waals surface area contributed by atoms with E-state index in [-0.39, 0.29) is 40.3 Å². The lowest BCUT2D eigenvalue weighted by Crippen LogP contribution is -2.17. The van der Waals surface area contributed by atoms with Gasteiger partial charge in [-0.15, -0.1) is 21.5 Å². The van der Waals surface area contributed by atoms with E-state index in [1.165, 1.54) is 17.3 Å². The molecule has 3 N–H and O–H groups in total. The van der Waals surface area contributed by atoms with Crippen LogP contribution >= 0.6 is 23.1 Å². The molecular formula is C25H31N5O5S2. The molecule has 3 aromatic rings. The fourth-order valence-corrected chi connectivity index (χ4v) is 5.41. The number of nitrogens with one attached hydrogen (secondary N) is 1. The van der Waals surface area contributed by atoms with Crippen molar-refractivity contribution in [1.29, 1.82) is 0 Å². The van der Waals surface area contributed by atoms with Gasteiger partial charge in [0.15, 0.2) is 11.0 Å². The quantitative estimate of drug-likeness (QED) is 0.253. The Bertz CT molecular complexity index is 1270. The smallest absolute Gasteiger partial charge is 0.341 e. The summed E-state index contributed by atoms with van der Waals surface area (Å²) in [5.41, 5.74) is 7.18. The Hall–Kier alpha value is -3.38. The predicted molar refractivity (Wildman–Crippen MR) is 143 cm³/mol. The minimum absolute atomic E-state index is 0.0147. The summed E-state index contributed by atoms with van der Waals surface area (Å²) in [5, 5.41) is 11.9. The van der Waals surface area contributed by atoms with Crippen LogP contribution in [-0.4, -0.2) is 44.9 Å². The van der Waals surface area contributed by atoms with E-state index in [0.29, 0.717) is 29.0 Å². The topological polar surface area (TPSA) is 138 Å². The van der Waals surface area contributed by atoms with Crippen molar-refractivity contribution in [2.75, 3.05) is 17.7 Å². The van der Waals surface area contributed by atoms with Gasteiger partial charge in [-0.3, -0.25) is 9.59 Å². The van der Waals surface area contributed by atoms with Gasteiger partial charge in [-0.1, -0.05) is 37.7 Å². The molecule has 2 aromatic heterocycles. The zero-order valence-corrected chi connectivity index (χ0v) is 23.1. The number of hydrogen-bond donors (Lipinski definition) is 2. The van der Waals surface area contributed by atoms with Crippen LogP contribution in [-0.2, 0) is 22.7 Å². The Kier molecular flexibility index (Phi) is 9.70. The molecule has 2 heterocycles. The van der Waals surface area contributed by atoms with Crippen molar-refractivity contribution < 1.29 is 23.9 Å². The van der Waals surface area contributed by atoms with Gasteiger partial charge in [0, 0.05) is 6.54 Å². The molecule has 3 rings (SSSR count). The number of carbonyl (C=O) groups excluding carboxylic acids is 3. The van der Waals surface area contributed by atoms with E-state index in [1.54, 1.807) is 13.8 Å². The zero-order valence-electron chi connectivity index (χ0n) is 21.5. The predicted octanol–water partition coefficient (Wildman–Crippen LogP) is 4.38. The average molecular weight is 546 g/mol. The summed E-state index contributed by atoms with van der Waals surface area (Å²) in [6.45, 7) is 10.5. The Morgan fingerprint density at radius 3 is 2.46 bits per heavy atom. The van der Waals surface area contributed by atoms with Gasteiger partial charge in [0.2, 0.25) is 5.91 Å². The first kappa shape index (κ1) is 28.2. The third-order valence-corrected chi connectivity index (χ3v) is 7.65. The van der Waals surface area contributed by atoms with Gasteiger partial charge < -0.3 is 25.1 Å². The van der Waals surface area contributed by atoms with Crippen molar-refractivity contribution in [2.45, 2.75) is 58.8 Å². The number of nitrogens with two attached hydrogens (primary N) is 1. The summed E-state index contributed by atoms with van der Waals surface area (Å²) in [5.74, 6) is 0.165. The highest BCUT2D eigenvalue weighted by atomic mass is 32.2. The largest absolute Gasteiger partial charge is 0.486 e. The summed E-state index contributed by atoms with van der Waals surface area (Å²) < 4.78 is 12.8. The first-order valence-corrected chi connectivity index (χ1v) is 13.6. The SMILES string of the molecule is CCOC(=O)c1c(NC(=O)CSc2nnc(COc3ccc(C(C)C)cc3)n2CC)sc(C(N)=O)c1C. The molecular weight excluding hydrogens is 514 g/mol. The van der Waals surface area contributed by atoms with Crippen molar-refractivity contribution in [3.05, 3.63) is 51.7 Å². The molecule has 0 saturated heterocycles. The summed E-state index contributed by atoms with van der Waals surface area (Å²) in [6.07, 6.45) is 0. The Balaban J connectivity index is 1.65. The molecule has 0 aliphatic rings. The third kappa shape index (κ3) is 6.89. The molecule has 0 aliphatic carbocycles. The van der Waals surface area contributed by atoms with E-state index in [0.717, 1.165) is 17.1 Å². The van der Waals surface area contributed by atoms with Crippen LogP contribution in [0.2, 0.25) is 0 Å². The number of hydrogen-bond acceptors (Lipinski definition) is 9. The normalized spacial score (nSPS) is 11.0. The Morgan fingerprint density at radius 1 is 1.16 bits per heavy atom. The second kappa shape index (κ2) is 12.7. The van der Waals surface area contributed by atoms with Crippen molar-refractivity contribution in [2.24, 2.45) is 5.73 Å². The first-order chi connectivity index (χ1) is 17.7. The second-order valence-corrected chi connectivity index (χ2v) is 10.3. The average Bonchev–Trinajstić information content (AvgIpc) is 3.41. The number of amides is 2. The summed E-state index contributed by atoms with van der Waals surface area (Å²) in [4.78, 5) is 37.1. The van der Waals surface area contributed by atoms with E-state index in [4.69, 9.17) is 15.2 Å². The molecule has 1 aromatic carbocycles. The van der Waals surface area contributed by atoms with Gasteiger partial charge in [-0.2, -0.15) is 0 Å². The van der Waals surface area contributed by atoms with Crippen molar-refractivity contribution in [3.8, 4) is 5.75 Å².